The van der Waals surface area contributed by atoms with E-state index in [9.17, 15) is 13.6 Å². The van der Waals surface area contributed by atoms with Crippen molar-refractivity contribution in [3.8, 4) is 0 Å². The molecule has 4 rings (SSSR count). The van der Waals surface area contributed by atoms with Gasteiger partial charge in [-0.1, -0.05) is 0 Å². The van der Waals surface area contributed by atoms with Crippen LogP contribution < -0.4 is 5.32 Å². The Morgan fingerprint density at radius 2 is 2.16 bits per heavy atom. The number of nitrogens with one attached hydrogen (secondary N) is 1. The highest BCUT2D eigenvalue weighted by Crippen LogP contribution is 2.40. The number of halogens is 2. The van der Waals surface area contributed by atoms with Crippen LogP contribution in [-0.4, -0.2) is 30.3 Å². The van der Waals surface area contributed by atoms with Gasteiger partial charge in [0.1, 0.15) is 11.3 Å². The average molecular weight is 346 g/mol. The lowest BCUT2D eigenvalue weighted by atomic mass is 10.2. The molecule has 130 valence electrons. The van der Waals surface area contributed by atoms with Crippen LogP contribution in [0.2, 0.25) is 0 Å². The summed E-state index contributed by atoms with van der Waals surface area (Å²) in [6.45, 7) is 0.286. The molecule has 25 heavy (non-hydrogen) atoms. The van der Waals surface area contributed by atoms with E-state index in [-0.39, 0.29) is 29.4 Å². The van der Waals surface area contributed by atoms with Crippen LogP contribution in [0.15, 0.2) is 24.7 Å². The number of rotatable bonds is 5. The van der Waals surface area contributed by atoms with Crippen LogP contribution in [0.3, 0.4) is 0 Å². The first-order chi connectivity index (χ1) is 12.0. The summed E-state index contributed by atoms with van der Waals surface area (Å²) in [4.78, 5) is 16.9. The third-order valence-electron chi connectivity index (χ3n) is 4.19. The predicted molar refractivity (Wildman–Crippen MR) is 84.3 cm³/mol. The van der Waals surface area contributed by atoms with Gasteiger partial charge in [-0.3, -0.25) is 9.48 Å². The Bertz CT molecular complexity index is 943. The minimum Gasteiger partial charge on any atom is -0.348 e. The highest BCUT2D eigenvalue weighted by molar-refractivity contribution is 5.99. The third kappa shape index (κ3) is 2.97. The van der Waals surface area contributed by atoms with Crippen molar-refractivity contribution < 1.29 is 13.6 Å². The van der Waals surface area contributed by atoms with Gasteiger partial charge in [0.2, 0.25) is 0 Å². The van der Waals surface area contributed by atoms with E-state index in [1.54, 1.807) is 24.1 Å². The van der Waals surface area contributed by atoms with Gasteiger partial charge >= 0.3 is 0 Å². The molecule has 3 heterocycles. The minimum atomic E-state index is -2.69. The normalized spacial score (nSPS) is 14.4. The van der Waals surface area contributed by atoms with Crippen LogP contribution in [0, 0.1) is 0 Å². The molecule has 1 N–H and O–H groups in total. The smallest absolute Gasteiger partial charge is 0.280 e. The van der Waals surface area contributed by atoms with Crippen molar-refractivity contribution >= 4 is 11.6 Å². The zero-order chi connectivity index (χ0) is 17.6. The molecule has 1 fully saturated rings. The molecule has 0 saturated heterocycles. The van der Waals surface area contributed by atoms with Gasteiger partial charge in [0.25, 0.3) is 12.3 Å². The second-order valence-corrected chi connectivity index (χ2v) is 6.18. The maximum Gasteiger partial charge on any atom is 0.280 e. The largest absolute Gasteiger partial charge is 0.348 e. The number of aryl methyl sites for hydroxylation is 1. The fourth-order valence-corrected chi connectivity index (χ4v) is 2.75. The Morgan fingerprint density at radius 3 is 2.80 bits per heavy atom. The molecular weight excluding hydrogens is 330 g/mol. The first kappa shape index (κ1) is 15.7. The molecule has 0 bridgehead atoms. The number of hydrogen-bond donors (Lipinski definition) is 1. The number of amides is 1. The van der Waals surface area contributed by atoms with Gasteiger partial charge in [0.05, 0.1) is 12.4 Å². The summed E-state index contributed by atoms with van der Waals surface area (Å²) < 4.78 is 29.4. The average Bonchev–Trinajstić information content (AvgIpc) is 3.22. The molecule has 3 aromatic heterocycles. The molecular formula is C16H16F2N6O. The van der Waals surface area contributed by atoms with E-state index in [0.717, 1.165) is 22.9 Å². The molecule has 1 amide bonds. The quantitative estimate of drug-likeness (QED) is 0.768. The highest BCUT2D eigenvalue weighted by atomic mass is 19.3. The van der Waals surface area contributed by atoms with E-state index in [1.165, 1.54) is 12.3 Å². The lowest BCUT2D eigenvalue weighted by Crippen LogP contribution is -2.22. The molecule has 1 saturated carbocycles. The number of alkyl halides is 2. The van der Waals surface area contributed by atoms with Crippen molar-refractivity contribution in [1.82, 2.24) is 29.7 Å². The fourth-order valence-electron chi connectivity index (χ4n) is 2.75. The van der Waals surface area contributed by atoms with Crippen molar-refractivity contribution in [3.63, 3.8) is 0 Å². The SMILES string of the molecule is Cn1cc(CNC(=O)c2cnn3c(C(F)F)cc(C4CC4)nc23)cn1. The van der Waals surface area contributed by atoms with E-state index in [2.05, 4.69) is 20.5 Å². The Balaban J connectivity index is 1.65. The number of hydrogen-bond acceptors (Lipinski definition) is 4. The van der Waals surface area contributed by atoms with Gasteiger partial charge in [0.15, 0.2) is 5.65 Å². The van der Waals surface area contributed by atoms with Gasteiger partial charge in [-0.15, -0.1) is 0 Å². The summed E-state index contributed by atoms with van der Waals surface area (Å²) in [5.41, 5.74) is 1.56. The number of carbonyl (C=O) groups excluding carboxylic acids is 1. The topological polar surface area (TPSA) is 77.1 Å². The summed E-state index contributed by atoms with van der Waals surface area (Å²) in [5.74, 6) is -0.205. The second kappa shape index (κ2) is 5.91. The highest BCUT2D eigenvalue weighted by Gasteiger charge is 2.29. The molecule has 0 aromatic carbocycles. The molecule has 1 aliphatic rings. The van der Waals surface area contributed by atoms with Crippen LogP contribution in [0.1, 0.15) is 52.5 Å². The Morgan fingerprint density at radius 1 is 1.36 bits per heavy atom. The first-order valence-corrected chi connectivity index (χ1v) is 7.95. The number of fused-ring (bicyclic) bond motifs is 1. The fraction of sp³-hybridized carbons (Fsp3) is 0.375. The number of carbonyl (C=O) groups is 1. The monoisotopic (exact) mass is 346 g/mol. The molecule has 9 heteroatoms. The van der Waals surface area contributed by atoms with Crippen LogP contribution in [-0.2, 0) is 13.6 Å². The third-order valence-corrected chi connectivity index (χ3v) is 4.19. The molecule has 0 unspecified atom stereocenters. The predicted octanol–water partition coefficient (Wildman–Crippen LogP) is 2.21. The van der Waals surface area contributed by atoms with Crippen molar-refractivity contribution in [2.45, 2.75) is 31.7 Å². The molecule has 1 aliphatic carbocycles. The maximum atomic E-state index is 13.3. The van der Waals surface area contributed by atoms with E-state index in [1.807, 2.05) is 0 Å². The van der Waals surface area contributed by atoms with E-state index < -0.39 is 12.3 Å². The van der Waals surface area contributed by atoms with Gasteiger partial charge in [-0.2, -0.15) is 10.2 Å². The van der Waals surface area contributed by atoms with Gasteiger partial charge in [0, 0.05) is 37.0 Å². The standard InChI is InChI=1S/C16H16F2N6O/c1-23-8-9(6-20-23)5-19-16(25)11-7-21-24-13(14(17)18)4-12(10-2-3-10)22-15(11)24/h4,6-8,10,14H,2-3,5H2,1H3,(H,19,25). The summed E-state index contributed by atoms with van der Waals surface area (Å²) in [7, 11) is 1.78. The molecule has 0 aliphatic heterocycles. The zero-order valence-electron chi connectivity index (χ0n) is 13.5. The van der Waals surface area contributed by atoms with Crippen molar-refractivity contribution in [3.05, 3.63) is 47.2 Å². The van der Waals surface area contributed by atoms with Crippen molar-refractivity contribution in [1.29, 1.82) is 0 Å². The first-order valence-electron chi connectivity index (χ1n) is 7.95. The van der Waals surface area contributed by atoms with Crippen molar-refractivity contribution in [2.75, 3.05) is 0 Å². The Labute approximate surface area is 141 Å². The summed E-state index contributed by atoms with van der Waals surface area (Å²) in [5, 5.41) is 10.7. The summed E-state index contributed by atoms with van der Waals surface area (Å²) in [6.07, 6.45) is 3.90. The lowest BCUT2D eigenvalue weighted by Gasteiger charge is -2.07. The summed E-state index contributed by atoms with van der Waals surface area (Å²) >= 11 is 0. The Kier molecular flexibility index (Phi) is 3.70. The minimum absolute atomic E-state index is 0.170. The molecule has 0 atom stereocenters. The van der Waals surface area contributed by atoms with E-state index in [0.29, 0.717) is 5.69 Å². The number of aromatic nitrogens is 5. The van der Waals surface area contributed by atoms with Gasteiger partial charge < -0.3 is 5.32 Å². The van der Waals surface area contributed by atoms with Crippen LogP contribution >= 0.6 is 0 Å². The zero-order valence-corrected chi connectivity index (χ0v) is 13.5. The Hall–Kier alpha value is -2.84. The summed E-state index contributed by atoms with van der Waals surface area (Å²) in [6, 6.07) is 1.39. The molecule has 0 spiro atoms. The van der Waals surface area contributed by atoms with Crippen molar-refractivity contribution in [2.24, 2.45) is 7.05 Å². The molecule has 3 aromatic rings. The van der Waals surface area contributed by atoms with Crippen LogP contribution in [0.25, 0.3) is 5.65 Å². The molecule has 7 nitrogen and oxygen atoms in total. The number of nitrogens with zero attached hydrogens (tertiary/aromatic N) is 5. The van der Waals surface area contributed by atoms with E-state index in [4.69, 9.17) is 0 Å². The van der Waals surface area contributed by atoms with E-state index >= 15 is 0 Å². The van der Waals surface area contributed by atoms with Gasteiger partial charge in [-0.25, -0.2) is 18.3 Å². The van der Waals surface area contributed by atoms with Gasteiger partial charge in [-0.05, 0) is 18.9 Å². The van der Waals surface area contributed by atoms with Crippen LogP contribution in [0.4, 0.5) is 8.78 Å². The lowest BCUT2D eigenvalue weighted by molar-refractivity contribution is 0.0952. The van der Waals surface area contributed by atoms with Crippen LogP contribution in [0.5, 0.6) is 0 Å². The maximum absolute atomic E-state index is 13.3. The molecule has 0 radical (unpaired) electrons. The second-order valence-electron chi connectivity index (χ2n) is 6.18.